The number of rotatable bonds is 8. The molecular formula is C24H26F2N6O3. The molecule has 2 aromatic carbocycles. The van der Waals surface area contributed by atoms with E-state index in [0.29, 0.717) is 41.7 Å². The van der Waals surface area contributed by atoms with Crippen LogP contribution in [0.3, 0.4) is 0 Å². The third-order valence-electron chi connectivity index (χ3n) is 5.08. The molecule has 1 aromatic heterocycles. The molecule has 0 spiro atoms. The van der Waals surface area contributed by atoms with Gasteiger partial charge in [0.25, 0.3) is 11.8 Å². The fraction of sp³-hybridized carbons (Fsp3) is 0.250. The molecule has 0 aliphatic heterocycles. The van der Waals surface area contributed by atoms with E-state index in [0.717, 1.165) is 12.1 Å². The Balaban J connectivity index is 1.76. The molecule has 5 N–H and O–H groups in total. The highest BCUT2D eigenvalue weighted by Crippen LogP contribution is 2.26. The second kappa shape index (κ2) is 11.0. The van der Waals surface area contributed by atoms with Crippen LogP contribution in [0.15, 0.2) is 42.6 Å². The standard InChI is InChI=1S/C24H26F2N6O3/c1-13-8-17(30-24(35)21(33)14-9-15(25)11-16(26)10-14)4-5-18(13)19-12-29-22(27)20(31-19)23(34)28-6-7-32(2)3/h4-5,8-12,21,33H,6-7H2,1-3H3,(H2,27,29)(H,28,34)(H,30,35)/t21-/m1/s1. The molecular weight excluding hydrogens is 458 g/mol. The summed E-state index contributed by atoms with van der Waals surface area (Å²) in [4.78, 5) is 35.2. The fourth-order valence-corrected chi connectivity index (χ4v) is 3.30. The first-order valence-electron chi connectivity index (χ1n) is 10.7. The minimum absolute atomic E-state index is 0.000382. The van der Waals surface area contributed by atoms with Crippen LogP contribution in [-0.4, -0.2) is 59.0 Å². The van der Waals surface area contributed by atoms with E-state index in [1.165, 1.54) is 6.20 Å². The minimum Gasteiger partial charge on any atom is -0.382 e. The number of amides is 2. The number of anilines is 2. The number of halogens is 2. The molecule has 11 heteroatoms. The van der Waals surface area contributed by atoms with Crippen LogP contribution in [-0.2, 0) is 4.79 Å². The van der Waals surface area contributed by atoms with Gasteiger partial charge in [-0.1, -0.05) is 6.07 Å². The number of nitrogen functional groups attached to an aromatic ring is 1. The van der Waals surface area contributed by atoms with Crippen LogP contribution >= 0.6 is 0 Å². The number of hydrogen-bond acceptors (Lipinski definition) is 7. The lowest BCUT2D eigenvalue weighted by Gasteiger charge is -2.14. The van der Waals surface area contributed by atoms with Gasteiger partial charge in [0.05, 0.1) is 11.9 Å². The molecule has 0 unspecified atom stereocenters. The molecule has 1 heterocycles. The Labute approximate surface area is 201 Å². The summed E-state index contributed by atoms with van der Waals surface area (Å²) < 4.78 is 26.8. The Bertz CT molecular complexity index is 1230. The SMILES string of the molecule is Cc1cc(NC(=O)[C@H](O)c2cc(F)cc(F)c2)ccc1-c1cnc(N)c(C(=O)NCCN(C)C)n1. The van der Waals surface area contributed by atoms with Crippen molar-refractivity contribution in [1.29, 1.82) is 0 Å². The molecule has 0 fully saturated rings. The molecule has 0 saturated carbocycles. The van der Waals surface area contributed by atoms with Crippen molar-refractivity contribution in [3.8, 4) is 11.3 Å². The van der Waals surface area contributed by atoms with Gasteiger partial charge >= 0.3 is 0 Å². The van der Waals surface area contributed by atoms with Gasteiger partial charge in [0.15, 0.2) is 17.6 Å². The summed E-state index contributed by atoms with van der Waals surface area (Å²) in [6.07, 6.45) is -0.328. The van der Waals surface area contributed by atoms with Gasteiger partial charge in [-0.05, 0) is 56.4 Å². The van der Waals surface area contributed by atoms with Crippen molar-refractivity contribution in [2.24, 2.45) is 0 Å². The number of hydrogen-bond donors (Lipinski definition) is 4. The van der Waals surface area contributed by atoms with Crippen molar-refractivity contribution >= 4 is 23.3 Å². The lowest BCUT2D eigenvalue weighted by molar-refractivity contribution is -0.124. The highest BCUT2D eigenvalue weighted by Gasteiger charge is 2.20. The zero-order chi connectivity index (χ0) is 25.7. The van der Waals surface area contributed by atoms with Crippen LogP contribution < -0.4 is 16.4 Å². The van der Waals surface area contributed by atoms with E-state index >= 15 is 0 Å². The number of carbonyl (C=O) groups is 2. The molecule has 0 saturated heterocycles. The molecule has 3 rings (SSSR count). The lowest BCUT2D eigenvalue weighted by Crippen LogP contribution is -2.32. The van der Waals surface area contributed by atoms with Crippen LogP contribution in [0, 0.1) is 18.6 Å². The molecule has 1 atom stereocenters. The van der Waals surface area contributed by atoms with E-state index in [2.05, 4.69) is 20.6 Å². The summed E-state index contributed by atoms with van der Waals surface area (Å²) >= 11 is 0. The van der Waals surface area contributed by atoms with Gasteiger partial charge in [0, 0.05) is 30.4 Å². The van der Waals surface area contributed by atoms with Gasteiger partial charge in [-0.2, -0.15) is 0 Å². The van der Waals surface area contributed by atoms with Crippen molar-refractivity contribution in [3.05, 3.63) is 71.1 Å². The molecule has 9 nitrogen and oxygen atoms in total. The highest BCUT2D eigenvalue weighted by molar-refractivity contribution is 5.97. The van der Waals surface area contributed by atoms with Crippen molar-refractivity contribution < 1.29 is 23.5 Å². The number of nitrogens with two attached hydrogens (primary N) is 1. The summed E-state index contributed by atoms with van der Waals surface area (Å²) in [5.74, 6) is -3.10. The quantitative estimate of drug-likeness (QED) is 0.385. The van der Waals surface area contributed by atoms with Crippen molar-refractivity contribution in [3.63, 3.8) is 0 Å². The number of aliphatic hydroxyl groups excluding tert-OH is 1. The lowest BCUT2D eigenvalue weighted by atomic mass is 10.0. The van der Waals surface area contributed by atoms with E-state index < -0.39 is 29.6 Å². The highest BCUT2D eigenvalue weighted by atomic mass is 19.1. The minimum atomic E-state index is -1.77. The van der Waals surface area contributed by atoms with E-state index in [1.807, 2.05) is 19.0 Å². The average Bonchev–Trinajstić information content (AvgIpc) is 2.78. The normalized spacial score (nSPS) is 11.9. The summed E-state index contributed by atoms with van der Waals surface area (Å²) in [5.41, 5.74) is 7.73. The molecule has 3 aromatic rings. The number of aryl methyl sites for hydroxylation is 1. The molecule has 0 aliphatic rings. The van der Waals surface area contributed by atoms with Crippen LogP contribution in [0.2, 0.25) is 0 Å². The van der Waals surface area contributed by atoms with Gasteiger partial charge in [-0.3, -0.25) is 9.59 Å². The zero-order valence-electron chi connectivity index (χ0n) is 19.5. The maximum atomic E-state index is 13.4. The number of benzene rings is 2. The van der Waals surface area contributed by atoms with Crippen LogP contribution in [0.4, 0.5) is 20.3 Å². The predicted octanol–water partition coefficient (Wildman–Crippen LogP) is 2.28. The van der Waals surface area contributed by atoms with Gasteiger partial charge < -0.3 is 26.4 Å². The number of nitrogens with zero attached hydrogens (tertiary/aromatic N) is 3. The number of carbonyl (C=O) groups excluding carboxylic acids is 2. The fourth-order valence-electron chi connectivity index (χ4n) is 3.30. The van der Waals surface area contributed by atoms with Gasteiger partial charge in [-0.15, -0.1) is 0 Å². The predicted molar refractivity (Wildman–Crippen MR) is 127 cm³/mol. The molecule has 2 amide bonds. The Morgan fingerprint density at radius 1 is 1.14 bits per heavy atom. The van der Waals surface area contributed by atoms with E-state index in [4.69, 9.17) is 5.73 Å². The first-order chi connectivity index (χ1) is 16.5. The third kappa shape index (κ3) is 6.55. The molecule has 184 valence electrons. The molecule has 35 heavy (non-hydrogen) atoms. The topological polar surface area (TPSA) is 133 Å². The summed E-state index contributed by atoms with van der Waals surface area (Å²) in [6, 6.07) is 7.27. The van der Waals surface area contributed by atoms with E-state index in [-0.39, 0.29) is 17.1 Å². The number of aromatic nitrogens is 2. The first-order valence-corrected chi connectivity index (χ1v) is 10.7. The summed E-state index contributed by atoms with van der Waals surface area (Å²) in [6.45, 7) is 2.82. The largest absolute Gasteiger partial charge is 0.382 e. The monoisotopic (exact) mass is 484 g/mol. The zero-order valence-corrected chi connectivity index (χ0v) is 19.5. The average molecular weight is 485 g/mol. The second-order valence-corrected chi connectivity index (χ2v) is 8.17. The van der Waals surface area contributed by atoms with Gasteiger partial charge in [-0.25, -0.2) is 18.7 Å². The van der Waals surface area contributed by atoms with Gasteiger partial charge in [0.1, 0.15) is 11.6 Å². The molecule has 0 aliphatic carbocycles. The van der Waals surface area contributed by atoms with E-state index in [1.54, 1.807) is 25.1 Å². The Kier molecular flexibility index (Phi) is 8.05. The van der Waals surface area contributed by atoms with E-state index in [9.17, 15) is 23.5 Å². The van der Waals surface area contributed by atoms with Crippen LogP contribution in [0.1, 0.15) is 27.7 Å². The Morgan fingerprint density at radius 3 is 2.46 bits per heavy atom. The maximum absolute atomic E-state index is 13.4. The third-order valence-corrected chi connectivity index (χ3v) is 5.08. The van der Waals surface area contributed by atoms with Gasteiger partial charge in [0.2, 0.25) is 0 Å². The molecule has 0 radical (unpaired) electrons. The Hall–Kier alpha value is -3.96. The number of aliphatic hydroxyl groups is 1. The smallest absolute Gasteiger partial charge is 0.273 e. The Morgan fingerprint density at radius 2 is 1.83 bits per heavy atom. The second-order valence-electron chi connectivity index (χ2n) is 8.17. The van der Waals surface area contributed by atoms with Crippen molar-refractivity contribution in [1.82, 2.24) is 20.2 Å². The first kappa shape index (κ1) is 25.7. The summed E-state index contributed by atoms with van der Waals surface area (Å²) in [7, 11) is 3.77. The van der Waals surface area contributed by atoms with Crippen LogP contribution in [0.5, 0.6) is 0 Å². The van der Waals surface area contributed by atoms with Crippen molar-refractivity contribution in [2.75, 3.05) is 38.2 Å². The maximum Gasteiger partial charge on any atom is 0.273 e. The summed E-state index contributed by atoms with van der Waals surface area (Å²) in [5, 5.41) is 15.4. The van der Waals surface area contributed by atoms with Crippen LogP contribution in [0.25, 0.3) is 11.3 Å². The number of likely N-dealkylation sites (N-methyl/N-ethyl adjacent to an activating group) is 1. The number of nitrogens with one attached hydrogen (secondary N) is 2. The molecule has 0 bridgehead atoms. The van der Waals surface area contributed by atoms with Crippen molar-refractivity contribution in [2.45, 2.75) is 13.0 Å².